The van der Waals surface area contributed by atoms with Crippen LogP contribution in [0.2, 0.25) is 0 Å². The number of fused-ring (bicyclic) bond motifs is 3. The van der Waals surface area contributed by atoms with E-state index in [1.54, 1.807) is 0 Å². The Balaban J connectivity index is 0.000000163. The summed E-state index contributed by atoms with van der Waals surface area (Å²) in [5, 5.41) is 7.21. The van der Waals surface area contributed by atoms with Gasteiger partial charge in [-0.15, -0.1) is 72.8 Å². The third kappa shape index (κ3) is 6.96. The molecular formula is C50H36N2Pt. The third-order valence-electron chi connectivity index (χ3n) is 10.3. The molecule has 0 amide bonds. The average molecular weight is 860 g/mol. The molecule has 0 N–H and O–H groups in total. The third-order valence-corrected chi connectivity index (χ3v) is 10.3. The van der Waals surface area contributed by atoms with Crippen LogP contribution >= 0.6 is 0 Å². The molecular weight excluding hydrogens is 824 g/mol. The fourth-order valence-corrected chi connectivity index (χ4v) is 7.11. The molecule has 0 spiro atoms. The van der Waals surface area contributed by atoms with Crippen molar-refractivity contribution < 1.29 is 21.1 Å². The van der Waals surface area contributed by atoms with E-state index in [0.717, 1.165) is 33.6 Å². The molecule has 2 nitrogen and oxygen atoms in total. The van der Waals surface area contributed by atoms with E-state index < -0.39 is 10.8 Å². The first kappa shape index (κ1) is 35.7. The molecule has 0 fully saturated rings. The van der Waals surface area contributed by atoms with Gasteiger partial charge in [0, 0.05) is 23.2 Å². The second kappa shape index (κ2) is 15.5. The fourth-order valence-electron chi connectivity index (χ4n) is 7.11. The van der Waals surface area contributed by atoms with Gasteiger partial charge in [-0.3, -0.25) is 9.97 Å². The van der Waals surface area contributed by atoms with E-state index in [1.807, 2.05) is 54.9 Å². The number of benzene rings is 7. The minimum absolute atomic E-state index is 0. The number of hydrogen-bond donors (Lipinski definition) is 0. The van der Waals surface area contributed by atoms with Gasteiger partial charge in [-0.1, -0.05) is 66.7 Å². The first-order valence-electron chi connectivity index (χ1n) is 17.6. The van der Waals surface area contributed by atoms with Crippen LogP contribution in [-0.2, 0) is 31.9 Å². The molecule has 7 aromatic carbocycles. The zero-order valence-corrected chi connectivity index (χ0v) is 31.8. The van der Waals surface area contributed by atoms with Crippen molar-refractivity contribution in [2.24, 2.45) is 0 Å². The van der Waals surface area contributed by atoms with E-state index in [1.165, 1.54) is 32.3 Å². The van der Waals surface area contributed by atoms with Gasteiger partial charge in [0.2, 0.25) is 0 Å². The Morgan fingerprint density at radius 1 is 0.377 bits per heavy atom. The van der Waals surface area contributed by atoms with Gasteiger partial charge >= 0.3 is 21.1 Å². The van der Waals surface area contributed by atoms with Crippen molar-refractivity contribution in [2.75, 3.05) is 0 Å². The second-order valence-electron chi connectivity index (χ2n) is 13.4. The molecule has 2 heterocycles. The van der Waals surface area contributed by atoms with E-state index in [-0.39, 0.29) is 21.1 Å². The minimum Gasteiger partial charge on any atom is -0.260 e. The van der Waals surface area contributed by atoms with Gasteiger partial charge in [0.25, 0.3) is 0 Å². The zero-order chi connectivity index (χ0) is 35.4. The molecule has 0 bridgehead atoms. The molecule has 1 unspecified atom stereocenters. The van der Waals surface area contributed by atoms with Crippen LogP contribution in [-0.4, -0.2) is 9.97 Å². The SMILES string of the molecule is CC(c1[c-]cc2ccccc2c1)(c1[c-]cc2ccccc2c1)c1ccccn1.CC(c1[c-]cccc1)(c1[c-]cc2ccccc2c1)c1ccccn1.[Pt+4]. The maximum atomic E-state index is 4.72. The first-order chi connectivity index (χ1) is 25.5. The van der Waals surface area contributed by atoms with Crippen LogP contribution in [0.1, 0.15) is 47.5 Å². The molecule has 2 aromatic heterocycles. The maximum Gasteiger partial charge on any atom is 4.00 e. The van der Waals surface area contributed by atoms with Crippen molar-refractivity contribution in [3.8, 4) is 0 Å². The second-order valence-corrected chi connectivity index (χ2v) is 13.4. The molecule has 0 saturated heterocycles. The van der Waals surface area contributed by atoms with Crippen molar-refractivity contribution >= 4 is 32.3 Å². The van der Waals surface area contributed by atoms with Crippen LogP contribution < -0.4 is 0 Å². The summed E-state index contributed by atoms with van der Waals surface area (Å²) in [6.45, 7) is 4.42. The van der Waals surface area contributed by atoms with Crippen LogP contribution in [0.25, 0.3) is 32.3 Å². The van der Waals surface area contributed by atoms with Gasteiger partial charge in [-0.2, -0.15) is 84.9 Å². The quantitative estimate of drug-likeness (QED) is 0.156. The summed E-state index contributed by atoms with van der Waals surface area (Å²) in [6, 6.07) is 72.3. The summed E-state index contributed by atoms with van der Waals surface area (Å²) in [6.07, 6.45) is 3.70. The first-order valence-corrected chi connectivity index (χ1v) is 17.6. The Morgan fingerprint density at radius 2 is 0.736 bits per heavy atom. The Bertz CT molecular complexity index is 2480. The van der Waals surface area contributed by atoms with Crippen molar-refractivity contribution in [3.63, 3.8) is 0 Å². The number of rotatable bonds is 6. The number of nitrogens with zero attached hydrogens (tertiary/aromatic N) is 2. The van der Waals surface area contributed by atoms with Gasteiger partial charge in [0.05, 0.1) is 11.4 Å². The van der Waals surface area contributed by atoms with Crippen LogP contribution in [0.15, 0.2) is 182 Å². The summed E-state index contributed by atoms with van der Waals surface area (Å²) in [7, 11) is 0. The largest absolute Gasteiger partial charge is 4.00 e. The predicted molar refractivity (Wildman–Crippen MR) is 213 cm³/mol. The van der Waals surface area contributed by atoms with Crippen molar-refractivity contribution in [1.82, 2.24) is 9.97 Å². The van der Waals surface area contributed by atoms with Gasteiger partial charge in [-0.25, -0.2) is 0 Å². The summed E-state index contributed by atoms with van der Waals surface area (Å²) in [5.41, 5.74) is 5.53. The predicted octanol–water partition coefficient (Wildman–Crippen LogP) is 11.5. The topological polar surface area (TPSA) is 25.8 Å². The summed E-state index contributed by atoms with van der Waals surface area (Å²) in [5.74, 6) is 0. The molecule has 0 aliphatic carbocycles. The molecule has 53 heavy (non-hydrogen) atoms. The van der Waals surface area contributed by atoms with E-state index in [0.29, 0.717) is 0 Å². The summed E-state index contributed by atoms with van der Waals surface area (Å²) < 4.78 is 0. The molecule has 0 radical (unpaired) electrons. The van der Waals surface area contributed by atoms with E-state index in [9.17, 15) is 0 Å². The van der Waals surface area contributed by atoms with E-state index >= 15 is 0 Å². The van der Waals surface area contributed by atoms with Gasteiger partial charge in [-0.05, 0) is 38.1 Å². The molecule has 9 rings (SSSR count). The number of aromatic nitrogens is 2. The number of hydrogen-bond acceptors (Lipinski definition) is 2. The summed E-state index contributed by atoms with van der Waals surface area (Å²) >= 11 is 0. The Morgan fingerprint density at radius 3 is 1.09 bits per heavy atom. The molecule has 1 atom stereocenters. The van der Waals surface area contributed by atoms with Crippen LogP contribution in [0, 0.1) is 24.3 Å². The van der Waals surface area contributed by atoms with Crippen LogP contribution in [0.3, 0.4) is 0 Å². The fraction of sp³-hybridized carbons (Fsp3) is 0.0800. The monoisotopic (exact) mass is 859 g/mol. The standard InChI is InChI=1S/C27H19N.C23H17N.Pt/c1-27(26-12-6-7-17-28-26,24-15-13-20-8-2-4-10-22(20)18-24)25-16-14-21-9-3-5-11-23(21)19-25;1-23(20-11-3-2-4-12-20,22-13-7-8-16-24-22)21-15-14-18-9-5-6-10-19(18)17-21;/h2-14,17-19H,1H3;2-11,13-14,16-17H,1H3;/q2*-2;+4. The van der Waals surface area contributed by atoms with Gasteiger partial charge in [0.1, 0.15) is 0 Å². The maximum absolute atomic E-state index is 4.72. The van der Waals surface area contributed by atoms with Gasteiger partial charge < -0.3 is 0 Å². The molecule has 0 aliphatic heterocycles. The normalized spacial score (nSPS) is 12.3. The van der Waals surface area contributed by atoms with E-state index in [2.05, 4.69) is 170 Å². The smallest absolute Gasteiger partial charge is 0.260 e. The van der Waals surface area contributed by atoms with Crippen molar-refractivity contribution in [1.29, 1.82) is 0 Å². The Hall–Kier alpha value is -5.69. The molecule has 256 valence electrons. The molecule has 0 aliphatic rings. The van der Waals surface area contributed by atoms with Gasteiger partial charge in [0.15, 0.2) is 0 Å². The Labute approximate surface area is 326 Å². The van der Waals surface area contributed by atoms with Crippen molar-refractivity contribution in [3.05, 3.63) is 240 Å². The minimum atomic E-state index is -0.449. The molecule has 9 aromatic rings. The van der Waals surface area contributed by atoms with E-state index in [4.69, 9.17) is 4.98 Å². The number of pyridine rings is 2. The van der Waals surface area contributed by atoms with Crippen LogP contribution in [0.4, 0.5) is 0 Å². The molecule has 3 heteroatoms. The zero-order valence-electron chi connectivity index (χ0n) is 29.5. The Kier molecular flexibility index (Phi) is 10.4. The summed E-state index contributed by atoms with van der Waals surface area (Å²) in [4.78, 5) is 9.37. The van der Waals surface area contributed by atoms with Crippen molar-refractivity contribution in [2.45, 2.75) is 24.7 Å². The molecule has 0 saturated carbocycles. The van der Waals surface area contributed by atoms with Crippen LogP contribution in [0.5, 0.6) is 0 Å². The average Bonchev–Trinajstić information content (AvgIpc) is 3.23.